The van der Waals surface area contributed by atoms with Crippen molar-refractivity contribution in [2.75, 3.05) is 11.4 Å². The summed E-state index contributed by atoms with van der Waals surface area (Å²) in [5.41, 5.74) is 15.7. The van der Waals surface area contributed by atoms with E-state index in [9.17, 15) is 0 Å². The first kappa shape index (κ1) is 24.0. The fourth-order valence-electron chi connectivity index (χ4n) is 7.50. The maximum absolute atomic E-state index is 2.50. The van der Waals surface area contributed by atoms with E-state index in [1.54, 1.807) is 0 Å². The molecular weight excluding hydrogens is 494 g/mol. The second kappa shape index (κ2) is 9.35. The highest BCUT2D eigenvalue weighted by Gasteiger charge is 2.49. The third-order valence-corrected chi connectivity index (χ3v) is 9.16. The molecule has 6 aromatic rings. The Kier molecular flexibility index (Phi) is 5.47. The van der Waals surface area contributed by atoms with Crippen LogP contribution in [0.2, 0.25) is 0 Å². The average molecular weight is 526 g/mol. The Balaban J connectivity index is 1.39. The second-order valence-corrected chi connectivity index (χ2v) is 11.1. The molecule has 0 atom stereocenters. The van der Waals surface area contributed by atoms with Gasteiger partial charge >= 0.3 is 0 Å². The highest BCUT2D eigenvalue weighted by molar-refractivity contribution is 5.89. The number of hydrogen-bond donors (Lipinski definition) is 0. The van der Waals surface area contributed by atoms with E-state index in [4.69, 9.17) is 0 Å². The van der Waals surface area contributed by atoms with E-state index in [2.05, 4.69) is 157 Å². The summed E-state index contributed by atoms with van der Waals surface area (Å²) in [5, 5.41) is 0. The van der Waals surface area contributed by atoms with Crippen LogP contribution in [0.3, 0.4) is 0 Å². The van der Waals surface area contributed by atoms with Crippen molar-refractivity contribution in [3.8, 4) is 22.3 Å². The van der Waals surface area contributed by atoms with Gasteiger partial charge < -0.3 is 4.90 Å². The molecule has 0 saturated heterocycles. The van der Waals surface area contributed by atoms with Gasteiger partial charge in [-0.3, -0.25) is 0 Å². The average Bonchev–Trinajstić information content (AvgIpc) is 3.33. The molecule has 0 heterocycles. The van der Waals surface area contributed by atoms with Crippen LogP contribution < -0.4 is 4.90 Å². The molecule has 0 aromatic heterocycles. The molecule has 1 nitrogen and oxygen atoms in total. The van der Waals surface area contributed by atoms with Crippen LogP contribution in [0.4, 0.5) is 11.4 Å². The summed E-state index contributed by atoms with van der Waals surface area (Å²) in [5.74, 6) is 0. The molecule has 0 unspecified atom stereocenters. The highest BCUT2D eigenvalue weighted by Crippen LogP contribution is 2.59. The van der Waals surface area contributed by atoms with Gasteiger partial charge in [0.05, 0.1) is 5.41 Å². The summed E-state index contributed by atoms with van der Waals surface area (Å²) in [6, 6.07) is 54.0. The van der Waals surface area contributed by atoms with Gasteiger partial charge in [-0.05, 0) is 81.6 Å². The summed E-state index contributed by atoms with van der Waals surface area (Å²) >= 11 is 0. The van der Waals surface area contributed by atoms with Gasteiger partial charge in [-0.1, -0.05) is 127 Å². The SMILES string of the molecule is CCN(c1ccc2c(c1)C1(c3ccccc3C2)c2ccccc2-c2ccccc21)c1ccccc1-c1ccccc1. The first-order chi connectivity index (χ1) is 20.3. The van der Waals surface area contributed by atoms with Crippen molar-refractivity contribution in [2.45, 2.75) is 18.8 Å². The molecule has 0 amide bonds. The summed E-state index contributed by atoms with van der Waals surface area (Å²) in [4.78, 5) is 2.48. The Morgan fingerprint density at radius 2 is 1.07 bits per heavy atom. The lowest BCUT2D eigenvalue weighted by Gasteiger charge is -2.41. The molecule has 1 heteroatoms. The van der Waals surface area contributed by atoms with Crippen molar-refractivity contribution >= 4 is 11.4 Å². The quantitative estimate of drug-likeness (QED) is 0.221. The maximum Gasteiger partial charge on any atom is 0.0719 e. The largest absolute Gasteiger partial charge is 0.341 e. The van der Waals surface area contributed by atoms with Crippen LogP contribution in [0.1, 0.15) is 40.3 Å². The Bertz CT molecular complexity index is 1870. The van der Waals surface area contributed by atoms with E-state index >= 15 is 0 Å². The Morgan fingerprint density at radius 3 is 1.78 bits per heavy atom. The lowest BCUT2D eigenvalue weighted by atomic mass is 9.61. The van der Waals surface area contributed by atoms with E-state index in [1.807, 2.05) is 0 Å². The Morgan fingerprint density at radius 1 is 0.512 bits per heavy atom. The number of anilines is 2. The lowest BCUT2D eigenvalue weighted by molar-refractivity contribution is 0.721. The minimum Gasteiger partial charge on any atom is -0.341 e. The van der Waals surface area contributed by atoms with Gasteiger partial charge in [0.2, 0.25) is 0 Å². The first-order valence-electron chi connectivity index (χ1n) is 14.6. The van der Waals surface area contributed by atoms with Crippen LogP contribution in [0.15, 0.2) is 146 Å². The fraction of sp³-hybridized carbons (Fsp3) is 0.100. The van der Waals surface area contributed by atoms with Gasteiger partial charge in [-0.25, -0.2) is 0 Å². The minimum atomic E-state index is -0.342. The molecule has 0 fully saturated rings. The molecule has 0 N–H and O–H groups in total. The molecule has 41 heavy (non-hydrogen) atoms. The van der Waals surface area contributed by atoms with Gasteiger partial charge in [-0.15, -0.1) is 0 Å². The number of hydrogen-bond acceptors (Lipinski definition) is 1. The van der Waals surface area contributed by atoms with Gasteiger partial charge in [0.1, 0.15) is 0 Å². The summed E-state index contributed by atoms with van der Waals surface area (Å²) in [6.45, 7) is 3.13. The van der Waals surface area contributed by atoms with E-state index < -0.39 is 0 Å². The van der Waals surface area contributed by atoms with E-state index in [1.165, 1.54) is 67.0 Å². The molecule has 2 aliphatic rings. The Hall–Kier alpha value is -4.88. The van der Waals surface area contributed by atoms with Gasteiger partial charge in [0.15, 0.2) is 0 Å². The molecule has 2 aliphatic carbocycles. The van der Waals surface area contributed by atoms with Crippen LogP contribution in [-0.2, 0) is 11.8 Å². The van der Waals surface area contributed by atoms with E-state index in [0.29, 0.717) is 0 Å². The van der Waals surface area contributed by atoms with Crippen molar-refractivity contribution in [3.63, 3.8) is 0 Å². The Labute approximate surface area is 242 Å². The summed E-state index contributed by atoms with van der Waals surface area (Å²) in [6.07, 6.45) is 0.949. The van der Waals surface area contributed by atoms with Gasteiger partial charge in [-0.2, -0.15) is 0 Å². The van der Waals surface area contributed by atoms with Crippen molar-refractivity contribution < 1.29 is 0 Å². The topological polar surface area (TPSA) is 3.24 Å². The predicted molar refractivity (Wildman–Crippen MR) is 171 cm³/mol. The van der Waals surface area contributed by atoms with Crippen molar-refractivity contribution in [1.82, 2.24) is 0 Å². The molecule has 0 bridgehead atoms. The molecule has 0 aliphatic heterocycles. The van der Waals surface area contributed by atoms with Gasteiger partial charge in [0.25, 0.3) is 0 Å². The molecule has 8 rings (SSSR count). The zero-order chi connectivity index (χ0) is 27.4. The zero-order valence-corrected chi connectivity index (χ0v) is 23.2. The van der Waals surface area contributed by atoms with Crippen LogP contribution in [0.25, 0.3) is 22.3 Å². The molecule has 196 valence electrons. The van der Waals surface area contributed by atoms with Crippen LogP contribution in [0.5, 0.6) is 0 Å². The van der Waals surface area contributed by atoms with Crippen LogP contribution in [0, 0.1) is 0 Å². The zero-order valence-electron chi connectivity index (χ0n) is 23.2. The van der Waals surface area contributed by atoms with Crippen molar-refractivity contribution in [3.05, 3.63) is 179 Å². The summed E-state index contributed by atoms with van der Waals surface area (Å²) < 4.78 is 0. The standard InChI is InChI=1S/C40H31N/c1-2-41(39-23-13-9-17-32(39)28-14-4-3-5-15-28)31-25-24-30-26-29-16-6-10-20-35(29)40(38(30)27-31)36-21-11-7-18-33(36)34-19-8-12-22-37(34)40/h3-25,27H,2,26H2,1H3. The normalized spacial score (nSPS) is 13.7. The van der Waals surface area contributed by atoms with Gasteiger partial charge in [0, 0.05) is 23.5 Å². The monoisotopic (exact) mass is 525 g/mol. The number of fused-ring (bicyclic) bond motifs is 9. The summed E-state index contributed by atoms with van der Waals surface area (Å²) in [7, 11) is 0. The lowest BCUT2D eigenvalue weighted by Crippen LogP contribution is -2.34. The molecular formula is C40H31N. The second-order valence-electron chi connectivity index (χ2n) is 11.1. The number of rotatable bonds is 4. The highest BCUT2D eigenvalue weighted by atomic mass is 15.1. The molecule has 0 saturated carbocycles. The molecule has 0 radical (unpaired) electrons. The van der Waals surface area contributed by atoms with E-state index in [0.717, 1.165) is 13.0 Å². The first-order valence-corrected chi connectivity index (χ1v) is 14.6. The third kappa shape index (κ3) is 3.42. The smallest absolute Gasteiger partial charge is 0.0719 e. The molecule has 1 spiro atoms. The number of nitrogens with zero attached hydrogens (tertiary/aromatic N) is 1. The predicted octanol–water partition coefficient (Wildman–Crippen LogP) is 9.78. The number of benzene rings is 6. The van der Waals surface area contributed by atoms with Crippen LogP contribution in [-0.4, -0.2) is 6.54 Å². The number of para-hydroxylation sites is 1. The fourth-order valence-corrected chi connectivity index (χ4v) is 7.50. The van der Waals surface area contributed by atoms with Crippen molar-refractivity contribution in [2.24, 2.45) is 0 Å². The van der Waals surface area contributed by atoms with E-state index in [-0.39, 0.29) is 5.41 Å². The molecule has 6 aromatic carbocycles. The van der Waals surface area contributed by atoms with Crippen LogP contribution >= 0.6 is 0 Å². The maximum atomic E-state index is 2.50. The van der Waals surface area contributed by atoms with Crippen molar-refractivity contribution in [1.29, 1.82) is 0 Å². The third-order valence-electron chi connectivity index (χ3n) is 9.16. The minimum absolute atomic E-state index is 0.342.